The first-order valence-electron chi connectivity index (χ1n) is 5.73. The summed E-state index contributed by atoms with van der Waals surface area (Å²) in [6.45, 7) is 2.15. The fraction of sp³-hybridized carbons (Fsp3) is 0.429. The van der Waals surface area contributed by atoms with E-state index in [0.29, 0.717) is 6.42 Å². The maximum Gasteiger partial charge on any atom is 0.137 e. The van der Waals surface area contributed by atoms with Crippen molar-refractivity contribution in [2.24, 2.45) is 0 Å². The van der Waals surface area contributed by atoms with Gasteiger partial charge >= 0.3 is 0 Å². The van der Waals surface area contributed by atoms with Crippen LogP contribution in [0.4, 0.5) is 0 Å². The molecule has 0 unspecified atom stereocenters. The number of ketones is 1. The van der Waals surface area contributed by atoms with E-state index in [1.54, 1.807) is 0 Å². The van der Waals surface area contributed by atoms with Gasteiger partial charge in [-0.25, -0.2) is 0 Å². The zero-order valence-corrected chi connectivity index (χ0v) is 9.41. The summed E-state index contributed by atoms with van der Waals surface area (Å²) in [7, 11) is 0. The van der Waals surface area contributed by atoms with Gasteiger partial charge < -0.3 is 0 Å². The standard InChI is InChI=1S/C14H19O/c1-2-3-5-10-14(15)12-11-13-8-6-4-7-9-13/h4,6-9,12H,2-3,5,10-11H2,1H3. The fourth-order valence-corrected chi connectivity index (χ4v) is 1.50. The Morgan fingerprint density at radius 2 is 1.93 bits per heavy atom. The monoisotopic (exact) mass is 203 g/mol. The molecule has 0 aromatic heterocycles. The van der Waals surface area contributed by atoms with Crippen LogP contribution in [0.25, 0.3) is 0 Å². The second-order valence-electron chi connectivity index (χ2n) is 3.82. The minimum atomic E-state index is 0.285. The molecule has 1 nitrogen and oxygen atoms in total. The first kappa shape index (κ1) is 12.0. The maximum absolute atomic E-state index is 11.4. The summed E-state index contributed by atoms with van der Waals surface area (Å²) < 4.78 is 0. The number of Topliss-reactive ketones (excluding diaryl/α,β-unsaturated/α-hetero) is 1. The number of carbonyl (C=O) groups excluding carboxylic acids is 1. The number of hydrogen-bond acceptors (Lipinski definition) is 1. The van der Waals surface area contributed by atoms with Crippen LogP contribution in [0.15, 0.2) is 30.3 Å². The van der Waals surface area contributed by atoms with Crippen molar-refractivity contribution in [3.8, 4) is 0 Å². The highest BCUT2D eigenvalue weighted by molar-refractivity contribution is 5.87. The molecule has 1 aromatic carbocycles. The summed E-state index contributed by atoms with van der Waals surface area (Å²) in [5.74, 6) is 0.285. The van der Waals surface area contributed by atoms with Gasteiger partial charge in [-0.3, -0.25) is 4.79 Å². The zero-order chi connectivity index (χ0) is 10.9. The van der Waals surface area contributed by atoms with Gasteiger partial charge in [-0.05, 0) is 18.4 Å². The number of unbranched alkanes of at least 4 members (excludes halogenated alkanes) is 2. The van der Waals surface area contributed by atoms with Gasteiger partial charge in [-0.2, -0.15) is 0 Å². The van der Waals surface area contributed by atoms with E-state index in [1.807, 2.05) is 24.6 Å². The number of benzene rings is 1. The first-order chi connectivity index (χ1) is 7.33. The minimum Gasteiger partial charge on any atom is -0.299 e. The average molecular weight is 203 g/mol. The smallest absolute Gasteiger partial charge is 0.137 e. The highest BCUT2D eigenvalue weighted by Crippen LogP contribution is 2.06. The van der Waals surface area contributed by atoms with Crippen molar-refractivity contribution in [1.29, 1.82) is 0 Å². The molecule has 81 valence electrons. The fourth-order valence-electron chi connectivity index (χ4n) is 1.50. The first-order valence-corrected chi connectivity index (χ1v) is 5.73. The Bertz CT molecular complexity index is 277. The molecule has 0 aliphatic heterocycles. The molecule has 0 amide bonds. The molecule has 0 N–H and O–H groups in total. The van der Waals surface area contributed by atoms with Crippen LogP contribution in [-0.4, -0.2) is 5.78 Å². The molecule has 1 aromatic rings. The molecular weight excluding hydrogens is 184 g/mol. The van der Waals surface area contributed by atoms with Crippen LogP contribution < -0.4 is 0 Å². The quantitative estimate of drug-likeness (QED) is 0.619. The average Bonchev–Trinajstić information content (AvgIpc) is 2.28. The van der Waals surface area contributed by atoms with Gasteiger partial charge in [0.2, 0.25) is 0 Å². The lowest BCUT2D eigenvalue weighted by atomic mass is 10.0. The van der Waals surface area contributed by atoms with Crippen molar-refractivity contribution in [1.82, 2.24) is 0 Å². The van der Waals surface area contributed by atoms with E-state index in [4.69, 9.17) is 0 Å². The summed E-state index contributed by atoms with van der Waals surface area (Å²) in [5, 5.41) is 0. The lowest BCUT2D eigenvalue weighted by molar-refractivity contribution is -0.116. The predicted octanol–water partition coefficient (Wildman–Crippen LogP) is 3.58. The Kier molecular flexibility index (Phi) is 5.76. The number of hydrogen-bond donors (Lipinski definition) is 0. The van der Waals surface area contributed by atoms with Crippen molar-refractivity contribution < 1.29 is 4.79 Å². The topological polar surface area (TPSA) is 17.1 Å². The molecule has 0 bridgehead atoms. The van der Waals surface area contributed by atoms with E-state index in [2.05, 4.69) is 19.1 Å². The molecule has 1 radical (unpaired) electrons. The van der Waals surface area contributed by atoms with E-state index >= 15 is 0 Å². The third kappa shape index (κ3) is 5.36. The zero-order valence-electron chi connectivity index (χ0n) is 9.41. The van der Waals surface area contributed by atoms with Gasteiger partial charge in [0.15, 0.2) is 0 Å². The molecule has 0 saturated heterocycles. The van der Waals surface area contributed by atoms with E-state index < -0.39 is 0 Å². The molecule has 0 spiro atoms. The summed E-state index contributed by atoms with van der Waals surface area (Å²) in [6, 6.07) is 10.1. The summed E-state index contributed by atoms with van der Waals surface area (Å²) >= 11 is 0. The number of carbonyl (C=O) groups is 1. The largest absolute Gasteiger partial charge is 0.299 e. The van der Waals surface area contributed by atoms with Gasteiger partial charge in [0.05, 0.1) is 0 Å². The summed E-state index contributed by atoms with van der Waals surface area (Å²) in [6.07, 6.45) is 6.65. The van der Waals surface area contributed by atoms with Crippen LogP contribution in [0.1, 0.15) is 38.2 Å². The summed E-state index contributed by atoms with van der Waals surface area (Å²) in [4.78, 5) is 11.4. The van der Waals surface area contributed by atoms with E-state index in [9.17, 15) is 4.79 Å². The van der Waals surface area contributed by atoms with Crippen LogP contribution in [0, 0.1) is 6.42 Å². The van der Waals surface area contributed by atoms with Crippen LogP contribution >= 0.6 is 0 Å². The predicted molar refractivity (Wildman–Crippen MR) is 63.6 cm³/mol. The molecule has 0 aliphatic carbocycles. The van der Waals surface area contributed by atoms with Gasteiger partial charge in [0.25, 0.3) is 0 Å². The lowest BCUT2D eigenvalue weighted by Gasteiger charge is -2.00. The van der Waals surface area contributed by atoms with Gasteiger partial charge in [-0.1, -0.05) is 50.1 Å². The Labute approximate surface area is 92.5 Å². The summed E-state index contributed by atoms with van der Waals surface area (Å²) in [5.41, 5.74) is 1.21. The van der Waals surface area contributed by atoms with Crippen molar-refractivity contribution in [2.75, 3.05) is 0 Å². The minimum absolute atomic E-state index is 0.285. The second kappa shape index (κ2) is 7.22. The van der Waals surface area contributed by atoms with E-state index in [-0.39, 0.29) is 5.78 Å². The van der Waals surface area contributed by atoms with Crippen LogP contribution in [0.5, 0.6) is 0 Å². The third-order valence-corrected chi connectivity index (χ3v) is 2.43. The Morgan fingerprint density at radius 3 is 2.60 bits per heavy atom. The molecule has 0 aliphatic rings. The SMILES string of the molecule is CCCCCC(=O)[CH]Cc1ccccc1. The normalized spacial score (nSPS) is 10.2. The molecular formula is C14H19O. The van der Waals surface area contributed by atoms with Crippen LogP contribution in [0.3, 0.4) is 0 Å². The van der Waals surface area contributed by atoms with E-state index in [1.165, 1.54) is 12.0 Å². The van der Waals surface area contributed by atoms with Gasteiger partial charge in [0, 0.05) is 12.8 Å². The van der Waals surface area contributed by atoms with Crippen molar-refractivity contribution >= 4 is 5.78 Å². The molecule has 0 saturated carbocycles. The van der Waals surface area contributed by atoms with Crippen LogP contribution in [-0.2, 0) is 11.2 Å². The van der Waals surface area contributed by atoms with Crippen LogP contribution in [0.2, 0.25) is 0 Å². The van der Waals surface area contributed by atoms with Crippen molar-refractivity contribution in [2.45, 2.75) is 39.0 Å². The Balaban J connectivity index is 2.17. The van der Waals surface area contributed by atoms with Crippen molar-refractivity contribution in [3.63, 3.8) is 0 Å². The lowest BCUT2D eigenvalue weighted by Crippen LogP contribution is -2.01. The Morgan fingerprint density at radius 1 is 1.20 bits per heavy atom. The molecule has 1 heteroatoms. The molecule has 0 fully saturated rings. The van der Waals surface area contributed by atoms with Gasteiger partial charge in [0.1, 0.15) is 5.78 Å². The second-order valence-corrected chi connectivity index (χ2v) is 3.82. The highest BCUT2D eigenvalue weighted by Gasteiger charge is 2.02. The molecule has 0 heterocycles. The molecule has 15 heavy (non-hydrogen) atoms. The molecule has 1 rings (SSSR count). The highest BCUT2D eigenvalue weighted by atomic mass is 16.1. The Hall–Kier alpha value is -1.11. The maximum atomic E-state index is 11.4. The van der Waals surface area contributed by atoms with Gasteiger partial charge in [-0.15, -0.1) is 0 Å². The van der Waals surface area contributed by atoms with E-state index in [0.717, 1.165) is 19.3 Å². The number of rotatable bonds is 7. The van der Waals surface area contributed by atoms with Crippen molar-refractivity contribution in [3.05, 3.63) is 42.3 Å². The molecule has 0 atom stereocenters. The third-order valence-electron chi connectivity index (χ3n) is 2.43.